The van der Waals surface area contributed by atoms with E-state index in [0.29, 0.717) is 57.4 Å². The highest BCUT2D eigenvalue weighted by molar-refractivity contribution is 6.10. The van der Waals surface area contributed by atoms with E-state index < -0.39 is 34.6 Å². The topological polar surface area (TPSA) is 76.1 Å². The molecule has 3 fully saturated rings. The second-order valence-corrected chi connectivity index (χ2v) is 13.7. The third-order valence-electron chi connectivity index (χ3n) is 10.8. The number of hydrogen-bond donors (Lipinski definition) is 1. The van der Waals surface area contributed by atoms with E-state index in [2.05, 4.69) is 19.9 Å². The SMILES string of the molecule is CC1=CCCC2(C)C(CCC23CN(CC2CCCO2)C(=O)O3)c2ccc(cc2C(=O)c2cccc(C(F)(F)F)c2)CC(O)CC1. The second-order valence-electron chi connectivity index (χ2n) is 13.7. The molecule has 2 saturated heterocycles. The molecule has 5 aliphatic rings. The average Bonchev–Trinajstić information content (AvgIpc) is 3.70. The van der Waals surface area contributed by atoms with Crippen molar-refractivity contribution in [2.24, 2.45) is 5.41 Å². The van der Waals surface area contributed by atoms with Crippen molar-refractivity contribution in [1.82, 2.24) is 4.90 Å². The van der Waals surface area contributed by atoms with Gasteiger partial charge in [-0.3, -0.25) is 4.79 Å². The Kier molecular flexibility index (Phi) is 8.63. The molecule has 0 aromatic heterocycles. The third kappa shape index (κ3) is 6.18. The smallest absolute Gasteiger partial charge is 0.416 e. The van der Waals surface area contributed by atoms with E-state index in [4.69, 9.17) is 9.47 Å². The second kappa shape index (κ2) is 12.2. The van der Waals surface area contributed by atoms with Gasteiger partial charge in [-0.25, -0.2) is 4.79 Å². The van der Waals surface area contributed by atoms with Crippen molar-refractivity contribution in [2.75, 3.05) is 19.7 Å². The van der Waals surface area contributed by atoms with Crippen molar-refractivity contribution >= 4 is 11.9 Å². The van der Waals surface area contributed by atoms with E-state index in [9.17, 15) is 27.9 Å². The summed E-state index contributed by atoms with van der Waals surface area (Å²) in [4.78, 5) is 29.3. The zero-order valence-electron chi connectivity index (χ0n) is 26.0. The molecular formula is C36H42F3NO5. The highest BCUT2D eigenvalue weighted by Gasteiger charge is 2.64. The van der Waals surface area contributed by atoms with Crippen molar-refractivity contribution < 1.29 is 37.3 Å². The summed E-state index contributed by atoms with van der Waals surface area (Å²) in [5.74, 6) is -0.671. The van der Waals surface area contributed by atoms with Crippen LogP contribution in [0.3, 0.4) is 0 Å². The van der Waals surface area contributed by atoms with Gasteiger partial charge in [0, 0.05) is 23.1 Å². The Labute approximate surface area is 262 Å². The first-order chi connectivity index (χ1) is 21.4. The lowest BCUT2D eigenvalue weighted by atomic mass is 9.64. The number of hydrogen-bond acceptors (Lipinski definition) is 5. The van der Waals surface area contributed by atoms with Crippen LogP contribution < -0.4 is 0 Å². The number of halogens is 3. The fraction of sp³-hybridized carbons (Fsp3) is 0.556. The number of benzene rings is 2. The summed E-state index contributed by atoms with van der Waals surface area (Å²) >= 11 is 0. The molecule has 2 aromatic carbocycles. The van der Waals surface area contributed by atoms with Crippen molar-refractivity contribution in [3.8, 4) is 0 Å². The highest BCUT2D eigenvalue weighted by Crippen LogP contribution is 2.61. The Morgan fingerprint density at radius 2 is 1.93 bits per heavy atom. The number of carbonyl (C=O) groups excluding carboxylic acids is 2. The monoisotopic (exact) mass is 625 g/mol. The van der Waals surface area contributed by atoms with Gasteiger partial charge in [-0.15, -0.1) is 0 Å². The molecule has 45 heavy (non-hydrogen) atoms. The number of nitrogens with zero attached hydrogens (tertiary/aromatic N) is 1. The number of amides is 1. The largest absolute Gasteiger partial charge is 0.440 e. The summed E-state index contributed by atoms with van der Waals surface area (Å²) in [6, 6.07) is 10.2. The molecule has 9 heteroatoms. The number of aliphatic hydroxyl groups is 1. The normalized spacial score (nSPS) is 30.7. The van der Waals surface area contributed by atoms with Gasteiger partial charge < -0.3 is 19.5 Å². The first-order valence-electron chi connectivity index (χ1n) is 16.2. The number of allylic oxidation sites excluding steroid dienone is 2. The lowest BCUT2D eigenvalue weighted by Gasteiger charge is -2.43. The molecule has 2 heterocycles. The lowest BCUT2D eigenvalue weighted by Crippen LogP contribution is -2.48. The van der Waals surface area contributed by atoms with Crippen LogP contribution in [0.25, 0.3) is 0 Å². The molecule has 0 radical (unpaired) electrons. The molecule has 6 nitrogen and oxygen atoms in total. The van der Waals surface area contributed by atoms with Crippen LogP contribution in [0.4, 0.5) is 18.0 Å². The minimum absolute atomic E-state index is 0.00753. The first kappa shape index (κ1) is 31.8. The lowest BCUT2D eigenvalue weighted by molar-refractivity contribution is -0.137. The number of ketones is 1. The Hall–Kier alpha value is -3.17. The van der Waals surface area contributed by atoms with E-state index >= 15 is 0 Å². The van der Waals surface area contributed by atoms with Gasteiger partial charge >= 0.3 is 12.3 Å². The number of aliphatic hydroxyl groups excluding tert-OH is 1. The fourth-order valence-electron chi connectivity index (χ4n) is 8.15. The molecule has 1 saturated carbocycles. The number of rotatable bonds is 4. The number of ether oxygens (including phenoxy) is 2. The van der Waals surface area contributed by atoms with Gasteiger partial charge in [0.15, 0.2) is 5.78 Å². The van der Waals surface area contributed by atoms with Gasteiger partial charge in [-0.1, -0.05) is 42.8 Å². The minimum atomic E-state index is -4.58. The number of carbonyl (C=O) groups is 2. The van der Waals surface area contributed by atoms with Crippen LogP contribution in [0.1, 0.15) is 104 Å². The van der Waals surface area contributed by atoms with Crippen LogP contribution in [-0.4, -0.2) is 59.4 Å². The van der Waals surface area contributed by atoms with Crippen molar-refractivity contribution in [2.45, 2.75) is 102 Å². The molecule has 242 valence electrons. The van der Waals surface area contributed by atoms with E-state index in [1.165, 1.54) is 17.7 Å². The van der Waals surface area contributed by atoms with Crippen LogP contribution in [0, 0.1) is 5.41 Å². The maximum atomic E-state index is 14.2. The molecule has 2 aliphatic heterocycles. The van der Waals surface area contributed by atoms with Gasteiger partial charge in [-0.05, 0) is 100.0 Å². The summed E-state index contributed by atoms with van der Waals surface area (Å²) in [6.45, 7) is 5.83. The standard InChI is InChI=1S/C36H42F3NO5/c1-23-6-4-15-34(2)31(14-16-35(34)22-40(33(43)45-35)21-28-9-5-17-44-28)29-13-11-24(18-27(41)12-10-23)19-30(29)32(42)25-7-3-8-26(20-25)36(37,38)39/h3,6-8,11,13,19-20,27-28,31,41H,4-5,9-10,12,14-18,21-22H2,1-2H3. The molecule has 1 N–H and O–H groups in total. The van der Waals surface area contributed by atoms with Gasteiger partial charge in [0.25, 0.3) is 0 Å². The summed E-state index contributed by atoms with van der Waals surface area (Å²) in [5.41, 5.74) is 0.794. The average molecular weight is 626 g/mol. The van der Waals surface area contributed by atoms with Crippen LogP contribution in [0.2, 0.25) is 0 Å². The van der Waals surface area contributed by atoms with E-state index in [1.54, 1.807) is 11.0 Å². The summed E-state index contributed by atoms with van der Waals surface area (Å²) in [6.07, 6.45) is 2.83. The maximum Gasteiger partial charge on any atom is 0.416 e. The van der Waals surface area contributed by atoms with Gasteiger partial charge in [0.2, 0.25) is 0 Å². The zero-order valence-corrected chi connectivity index (χ0v) is 26.0. The maximum absolute atomic E-state index is 14.2. The molecule has 1 spiro atoms. The minimum Gasteiger partial charge on any atom is -0.440 e. The Morgan fingerprint density at radius 1 is 1.11 bits per heavy atom. The van der Waals surface area contributed by atoms with Crippen molar-refractivity contribution in [3.05, 3.63) is 81.9 Å². The Bertz CT molecular complexity index is 1480. The Balaban J connectivity index is 1.43. The molecule has 7 rings (SSSR count). The molecule has 3 aliphatic carbocycles. The van der Waals surface area contributed by atoms with Gasteiger partial charge in [-0.2, -0.15) is 13.2 Å². The quantitative estimate of drug-likeness (QED) is 0.280. The predicted octanol–water partition coefficient (Wildman–Crippen LogP) is 7.61. The van der Waals surface area contributed by atoms with Crippen LogP contribution >= 0.6 is 0 Å². The van der Waals surface area contributed by atoms with E-state index in [0.717, 1.165) is 48.9 Å². The molecular weight excluding hydrogens is 583 g/mol. The van der Waals surface area contributed by atoms with Crippen molar-refractivity contribution in [3.63, 3.8) is 0 Å². The number of fused-ring (bicyclic) bond motifs is 8. The molecule has 1 amide bonds. The van der Waals surface area contributed by atoms with Crippen molar-refractivity contribution in [1.29, 1.82) is 0 Å². The van der Waals surface area contributed by atoms with Crippen LogP contribution in [-0.2, 0) is 22.1 Å². The third-order valence-corrected chi connectivity index (χ3v) is 10.8. The Morgan fingerprint density at radius 3 is 2.69 bits per heavy atom. The number of alkyl halides is 3. The first-order valence-corrected chi connectivity index (χ1v) is 16.2. The molecule has 5 atom stereocenters. The molecule has 2 aromatic rings. The highest BCUT2D eigenvalue weighted by atomic mass is 19.4. The van der Waals surface area contributed by atoms with Gasteiger partial charge in [0.05, 0.1) is 30.9 Å². The van der Waals surface area contributed by atoms with E-state index in [1.807, 2.05) is 12.1 Å². The van der Waals surface area contributed by atoms with Crippen LogP contribution in [0.15, 0.2) is 54.1 Å². The van der Waals surface area contributed by atoms with Gasteiger partial charge in [0.1, 0.15) is 5.60 Å². The zero-order chi connectivity index (χ0) is 32.0. The van der Waals surface area contributed by atoms with Crippen LogP contribution in [0.5, 0.6) is 0 Å². The molecule has 5 unspecified atom stereocenters. The van der Waals surface area contributed by atoms with E-state index in [-0.39, 0.29) is 23.7 Å². The fourth-order valence-corrected chi connectivity index (χ4v) is 8.15. The molecule has 2 bridgehead atoms. The summed E-state index contributed by atoms with van der Waals surface area (Å²) in [7, 11) is 0. The summed E-state index contributed by atoms with van der Waals surface area (Å²) < 4.78 is 53.1. The summed E-state index contributed by atoms with van der Waals surface area (Å²) in [5, 5.41) is 10.8. The predicted molar refractivity (Wildman–Crippen MR) is 163 cm³/mol.